The molecule has 0 aliphatic rings. The molecular weight excluding hydrogens is 332 g/mol. The maximum atomic E-state index is 12.4. The summed E-state index contributed by atoms with van der Waals surface area (Å²) >= 11 is 3.43. The molecule has 0 aliphatic carbocycles. The standard InChI is InChI=1S/C16H15BrN2O2/c1-3-11-8-12(19(2)18-11)9-14(20)15-7-10-5-4-6-13(17)16(10)21-15/h4-8H,3,9H2,1-2H3. The predicted octanol–water partition coefficient (Wildman–Crippen LogP) is 3.92. The molecule has 0 saturated carbocycles. The molecule has 0 unspecified atom stereocenters. The van der Waals surface area contributed by atoms with Crippen LogP contribution in [-0.4, -0.2) is 15.6 Å². The number of hydrogen-bond acceptors (Lipinski definition) is 3. The highest BCUT2D eigenvalue weighted by Gasteiger charge is 2.16. The van der Waals surface area contributed by atoms with E-state index in [1.54, 1.807) is 10.7 Å². The average Bonchev–Trinajstić information content (AvgIpc) is 3.04. The number of halogens is 1. The molecule has 0 spiro atoms. The van der Waals surface area contributed by atoms with E-state index in [2.05, 4.69) is 21.0 Å². The minimum absolute atomic E-state index is 0.0382. The zero-order valence-electron chi connectivity index (χ0n) is 11.9. The molecule has 0 saturated heterocycles. The van der Waals surface area contributed by atoms with Crippen LogP contribution in [-0.2, 0) is 19.9 Å². The van der Waals surface area contributed by atoms with Gasteiger partial charge in [0.2, 0.25) is 5.78 Å². The molecule has 3 rings (SSSR count). The van der Waals surface area contributed by atoms with Crippen LogP contribution in [0.2, 0.25) is 0 Å². The Labute approximate surface area is 130 Å². The Balaban J connectivity index is 1.89. The van der Waals surface area contributed by atoms with E-state index in [1.807, 2.05) is 38.2 Å². The van der Waals surface area contributed by atoms with Crippen molar-refractivity contribution in [2.75, 3.05) is 0 Å². The first-order valence-corrected chi connectivity index (χ1v) is 7.61. The fourth-order valence-electron chi connectivity index (χ4n) is 2.33. The first-order chi connectivity index (χ1) is 10.1. The van der Waals surface area contributed by atoms with Gasteiger partial charge in [0.05, 0.1) is 16.6 Å². The van der Waals surface area contributed by atoms with Crippen LogP contribution in [0.3, 0.4) is 0 Å². The third-order valence-corrected chi connectivity index (χ3v) is 4.13. The first kappa shape index (κ1) is 14.1. The number of aromatic nitrogens is 2. The topological polar surface area (TPSA) is 48.0 Å². The second-order valence-electron chi connectivity index (χ2n) is 4.97. The van der Waals surface area contributed by atoms with Crippen molar-refractivity contribution in [3.05, 3.63) is 52.0 Å². The monoisotopic (exact) mass is 346 g/mol. The Morgan fingerprint density at radius 2 is 2.19 bits per heavy atom. The number of furan rings is 1. The van der Waals surface area contributed by atoms with Crippen LogP contribution < -0.4 is 0 Å². The van der Waals surface area contributed by atoms with Crippen molar-refractivity contribution in [2.24, 2.45) is 7.05 Å². The summed E-state index contributed by atoms with van der Waals surface area (Å²) in [5.41, 5.74) is 2.60. The Morgan fingerprint density at radius 1 is 1.38 bits per heavy atom. The number of benzene rings is 1. The highest BCUT2D eigenvalue weighted by Crippen LogP contribution is 2.27. The molecule has 108 valence electrons. The van der Waals surface area contributed by atoms with Gasteiger partial charge in [-0.1, -0.05) is 19.1 Å². The molecular formula is C16H15BrN2O2. The van der Waals surface area contributed by atoms with Gasteiger partial charge < -0.3 is 4.42 Å². The van der Waals surface area contributed by atoms with Crippen LogP contribution in [0.5, 0.6) is 0 Å². The predicted molar refractivity (Wildman–Crippen MR) is 84.5 cm³/mol. The Kier molecular flexibility index (Phi) is 3.68. The molecule has 1 aromatic carbocycles. The molecule has 0 aliphatic heterocycles. The van der Waals surface area contributed by atoms with E-state index in [4.69, 9.17) is 4.42 Å². The van der Waals surface area contributed by atoms with Crippen molar-refractivity contribution >= 4 is 32.7 Å². The van der Waals surface area contributed by atoms with Crippen molar-refractivity contribution in [3.8, 4) is 0 Å². The molecule has 4 nitrogen and oxygen atoms in total. The van der Waals surface area contributed by atoms with Gasteiger partial charge in [-0.2, -0.15) is 5.10 Å². The fraction of sp³-hybridized carbons (Fsp3) is 0.250. The molecule has 0 N–H and O–H groups in total. The SMILES string of the molecule is CCc1cc(CC(=O)c2cc3cccc(Br)c3o2)n(C)n1. The molecule has 5 heteroatoms. The maximum absolute atomic E-state index is 12.4. The second kappa shape index (κ2) is 5.48. The number of carbonyl (C=O) groups is 1. The average molecular weight is 347 g/mol. The Hall–Kier alpha value is -1.88. The van der Waals surface area contributed by atoms with E-state index in [1.165, 1.54) is 0 Å². The van der Waals surface area contributed by atoms with E-state index in [9.17, 15) is 4.79 Å². The Bertz CT molecular complexity index is 817. The zero-order valence-corrected chi connectivity index (χ0v) is 13.5. The number of ketones is 1. The number of hydrogen-bond donors (Lipinski definition) is 0. The van der Waals surface area contributed by atoms with Crippen LogP contribution >= 0.6 is 15.9 Å². The van der Waals surface area contributed by atoms with Gasteiger partial charge in [-0.05, 0) is 40.5 Å². The maximum Gasteiger partial charge on any atom is 0.203 e. The molecule has 2 aromatic heterocycles. The minimum atomic E-state index is -0.0382. The van der Waals surface area contributed by atoms with E-state index >= 15 is 0 Å². The largest absolute Gasteiger partial charge is 0.452 e. The molecule has 0 radical (unpaired) electrons. The van der Waals surface area contributed by atoms with Crippen molar-refractivity contribution in [1.29, 1.82) is 0 Å². The minimum Gasteiger partial charge on any atom is -0.452 e. The molecule has 21 heavy (non-hydrogen) atoms. The molecule has 3 aromatic rings. The van der Waals surface area contributed by atoms with Gasteiger partial charge in [-0.3, -0.25) is 9.48 Å². The van der Waals surface area contributed by atoms with E-state index < -0.39 is 0 Å². The molecule has 0 amide bonds. The highest BCUT2D eigenvalue weighted by atomic mass is 79.9. The fourth-order valence-corrected chi connectivity index (χ4v) is 2.79. The lowest BCUT2D eigenvalue weighted by atomic mass is 10.1. The number of rotatable bonds is 4. The van der Waals surface area contributed by atoms with Crippen LogP contribution in [0, 0.1) is 0 Å². The third-order valence-electron chi connectivity index (χ3n) is 3.50. The summed E-state index contributed by atoms with van der Waals surface area (Å²) in [6.45, 7) is 2.05. The number of fused-ring (bicyclic) bond motifs is 1. The molecule has 2 heterocycles. The summed E-state index contributed by atoms with van der Waals surface area (Å²) in [5.74, 6) is 0.347. The van der Waals surface area contributed by atoms with Crippen LogP contribution in [0.1, 0.15) is 28.9 Å². The first-order valence-electron chi connectivity index (χ1n) is 6.81. The summed E-state index contributed by atoms with van der Waals surface area (Å²) in [4.78, 5) is 12.4. The van der Waals surface area contributed by atoms with Gasteiger partial charge in [0.25, 0.3) is 0 Å². The van der Waals surface area contributed by atoms with E-state index in [-0.39, 0.29) is 5.78 Å². The lowest BCUT2D eigenvalue weighted by molar-refractivity contribution is 0.0966. The van der Waals surface area contributed by atoms with Crippen LogP contribution in [0.25, 0.3) is 11.0 Å². The molecule has 0 bridgehead atoms. The lowest BCUT2D eigenvalue weighted by Gasteiger charge is -1.98. The van der Waals surface area contributed by atoms with Gasteiger partial charge in [0.15, 0.2) is 5.76 Å². The third kappa shape index (κ3) is 2.65. The van der Waals surface area contributed by atoms with Gasteiger partial charge in [-0.15, -0.1) is 0 Å². The second-order valence-corrected chi connectivity index (χ2v) is 5.83. The highest BCUT2D eigenvalue weighted by molar-refractivity contribution is 9.10. The van der Waals surface area contributed by atoms with Crippen molar-refractivity contribution in [1.82, 2.24) is 9.78 Å². The number of nitrogens with zero attached hydrogens (tertiary/aromatic N) is 2. The zero-order chi connectivity index (χ0) is 15.0. The lowest BCUT2D eigenvalue weighted by Crippen LogP contribution is -2.06. The summed E-state index contributed by atoms with van der Waals surface area (Å²) in [7, 11) is 1.86. The smallest absolute Gasteiger partial charge is 0.203 e. The van der Waals surface area contributed by atoms with Crippen molar-refractivity contribution < 1.29 is 9.21 Å². The summed E-state index contributed by atoms with van der Waals surface area (Å²) in [6, 6.07) is 9.51. The van der Waals surface area contributed by atoms with Gasteiger partial charge >= 0.3 is 0 Å². The normalized spacial score (nSPS) is 11.2. The number of aryl methyl sites for hydroxylation is 2. The van der Waals surface area contributed by atoms with Gasteiger partial charge in [0, 0.05) is 18.1 Å². The van der Waals surface area contributed by atoms with E-state index in [0.29, 0.717) is 17.8 Å². The number of Topliss-reactive ketones (excluding diaryl/α,β-unsaturated/α-hetero) is 1. The molecule has 0 atom stereocenters. The van der Waals surface area contributed by atoms with Crippen molar-refractivity contribution in [3.63, 3.8) is 0 Å². The van der Waals surface area contributed by atoms with Crippen molar-refractivity contribution in [2.45, 2.75) is 19.8 Å². The van der Waals surface area contributed by atoms with Crippen LogP contribution in [0.15, 0.2) is 39.2 Å². The Morgan fingerprint density at radius 3 is 2.86 bits per heavy atom. The van der Waals surface area contributed by atoms with E-state index in [0.717, 1.165) is 27.7 Å². The summed E-state index contributed by atoms with van der Waals surface area (Å²) < 4.78 is 8.29. The summed E-state index contributed by atoms with van der Waals surface area (Å²) in [6.07, 6.45) is 1.15. The summed E-state index contributed by atoms with van der Waals surface area (Å²) in [5, 5.41) is 5.28. The molecule has 0 fully saturated rings. The number of para-hydroxylation sites is 1. The van der Waals surface area contributed by atoms with Crippen LogP contribution in [0.4, 0.5) is 0 Å². The van der Waals surface area contributed by atoms with Gasteiger partial charge in [-0.25, -0.2) is 0 Å². The van der Waals surface area contributed by atoms with Gasteiger partial charge in [0.1, 0.15) is 5.58 Å². The quantitative estimate of drug-likeness (QED) is 0.672. The number of carbonyl (C=O) groups excluding carboxylic acids is 1.